The molecule has 0 unspecified atom stereocenters. The number of thioether (sulfide) groups is 1. The van der Waals surface area contributed by atoms with Gasteiger partial charge in [-0.15, -0.1) is 24.0 Å². The van der Waals surface area contributed by atoms with Gasteiger partial charge in [0.05, 0.1) is 11.9 Å². The van der Waals surface area contributed by atoms with Crippen molar-refractivity contribution in [3.05, 3.63) is 29.8 Å². The van der Waals surface area contributed by atoms with E-state index in [4.69, 9.17) is 0 Å². The molecule has 6 nitrogen and oxygen atoms in total. The van der Waals surface area contributed by atoms with Crippen molar-refractivity contribution in [2.45, 2.75) is 25.1 Å². The summed E-state index contributed by atoms with van der Waals surface area (Å²) in [5.41, 5.74) is 1.48. The van der Waals surface area contributed by atoms with Gasteiger partial charge in [-0.2, -0.15) is 11.8 Å². The van der Waals surface area contributed by atoms with Crippen molar-refractivity contribution in [1.82, 2.24) is 10.2 Å². The number of benzene rings is 1. The van der Waals surface area contributed by atoms with Crippen LogP contribution in [0.25, 0.3) is 0 Å². The smallest absolute Gasteiger partial charge is 0.229 e. The molecule has 0 spiro atoms. The van der Waals surface area contributed by atoms with Crippen LogP contribution in [-0.4, -0.2) is 56.2 Å². The monoisotopic (exact) mass is 498 g/mol. The van der Waals surface area contributed by atoms with Gasteiger partial charge in [0.1, 0.15) is 0 Å². The van der Waals surface area contributed by atoms with Crippen LogP contribution >= 0.6 is 35.7 Å². The lowest BCUT2D eigenvalue weighted by atomic mass is 10.2. The van der Waals surface area contributed by atoms with Gasteiger partial charge in [0.15, 0.2) is 5.96 Å². The lowest BCUT2D eigenvalue weighted by Gasteiger charge is -2.39. The summed E-state index contributed by atoms with van der Waals surface area (Å²) in [6, 6.07) is 7.38. The summed E-state index contributed by atoms with van der Waals surface area (Å²) in [6.45, 7) is 6.87. The van der Waals surface area contributed by atoms with Gasteiger partial charge in [-0.05, 0) is 25.5 Å². The highest BCUT2D eigenvalue weighted by Gasteiger charge is 2.28. The maximum Gasteiger partial charge on any atom is 0.229 e. The molecular formula is C16H27IN4O2S2. The normalized spacial score (nSPS) is 17.6. The molecule has 1 aliphatic heterocycles. The summed E-state index contributed by atoms with van der Waals surface area (Å²) in [7, 11) is -1.53. The Kier molecular flexibility index (Phi) is 8.33. The Morgan fingerprint density at radius 3 is 2.64 bits per heavy atom. The fraction of sp³-hybridized carbons (Fsp3) is 0.562. The summed E-state index contributed by atoms with van der Waals surface area (Å²) < 4.78 is 25.8. The molecule has 1 heterocycles. The number of rotatable bonds is 4. The molecule has 0 radical (unpaired) electrons. The molecule has 1 saturated heterocycles. The first-order chi connectivity index (χ1) is 11.2. The number of para-hydroxylation sites is 1. The fourth-order valence-corrected chi connectivity index (χ4v) is 4.39. The zero-order chi connectivity index (χ0) is 17.8. The number of anilines is 1. The molecule has 0 aromatic heterocycles. The highest BCUT2D eigenvalue weighted by molar-refractivity contribution is 14.0. The zero-order valence-corrected chi connectivity index (χ0v) is 19.0. The fourth-order valence-electron chi connectivity index (χ4n) is 2.68. The Balaban J connectivity index is 0.00000312. The van der Waals surface area contributed by atoms with E-state index in [9.17, 15) is 8.42 Å². The molecular weight excluding hydrogens is 471 g/mol. The molecule has 1 fully saturated rings. The molecule has 9 heteroatoms. The van der Waals surface area contributed by atoms with Gasteiger partial charge in [-0.25, -0.2) is 8.42 Å². The van der Waals surface area contributed by atoms with Crippen LogP contribution in [-0.2, 0) is 16.6 Å². The van der Waals surface area contributed by atoms with Gasteiger partial charge in [-0.1, -0.05) is 18.2 Å². The third kappa shape index (κ3) is 7.22. The van der Waals surface area contributed by atoms with Crippen LogP contribution in [0.3, 0.4) is 0 Å². The topological polar surface area (TPSA) is 73.8 Å². The highest BCUT2D eigenvalue weighted by atomic mass is 127. The van der Waals surface area contributed by atoms with Gasteiger partial charge in [-0.3, -0.25) is 9.71 Å². The van der Waals surface area contributed by atoms with Gasteiger partial charge < -0.3 is 10.2 Å². The summed E-state index contributed by atoms with van der Waals surface area (Å²) in [6.07, 6.45) is 1.16. The zero-order valence-electron chi connectivity index (χ0n) is 15.1. The van der Waals surface area contributed by atoms with E-state index in [1.807, 2.05) is 30.0 Å². The SMILES string of the molecule is CN=C(NCc1ccccc1NS(C)(=O)=O)N1CCSC(C)(C)C1.I. The number of hydrogen-bond acceptors (Lipinski definition) is 4. The summed E-state index contributed by atoms with van der Waals surface area (Å²) in [4.78, 5) is 6.63. The van der Waals surface area contributed by atoms with E-state index in [-0.39, 0.29) is 28.7 Å². The molecule has 142 valence electrons. The van der Waals surface area contributed by atoms with Crippen LogP contribution in [0.2, 0.25) is 0 Å². The van der Waals surface area contributed by atoms with E-state index >= 15 is 0 Å². The molecule has 2 N–H and O–H groups in total. The Morgan fingerprint density at radius 1 is 1.36 bits per heavy atom. The van der Waals surface area contributed by atoms with Crippen molar-refractivity contribution in [2.24, 2.45) is 4.99 Å². The summed E-state index contributed by atoms with van der Waals surface area (Å²) in [5.74, 6) is 1.91. The number of guanidine groups is 1. The van der Waals surface area contributed by atoms with Gasteiger partial charge in [0.2, 0.25) is 10.0 Å². The number of halogens is 1. The highest BCUT2D eigenvalue weighted by Crippen LogP contribution is 2.29. The molecule has 1 aliphatic rings. The predicted molar refractivity (Wildman–Crippen MR) is 119 cm³/mol. The van der Waals surface area contributed by atoms with Crippen LogP contribution in [0.5, 0.6) is 0 Å². The van der Waals surface area contributed by atoms with E-state index in [2.05, 4.69) is 33.8 Å². The van der Waals surface area contributed by atoms with E-state index in [1.54, 1.807) is 13.1 Å². The van der Waals surface area contributed by atoms with Gasteiger partial charge in [0, 0.05) is 37.2 Å². The van der Waals surface area contributed by atoms with Gasteiger partial charge in [0.25, 0.3) is 0 Å². The van der Waals surface area contributed by atoms with Crippen molar-refractivity contribution in [1.29, 1.82) is 0 Å². The Bertz CT molecular complexity index is 708. The molecule has 0 saturated carbocycles. The van der Waals surface area contributed by atoms with E-state index < -0.39 is 10.0 Å². The van der Waals surface area contributed by atoms with Gasteiger partial charge >= 0.3 is 0 Å². The van der Waals surface area contributed by atoms with Crippen LogP contribution < -0.4 is 10.0 Å². The molecule has 0 atom stereocenters. The number of nitrogens with zero attached hydrogens (tertiary/aromatic N) is 2. The number of hydrogen-bond donors (Lipinski definition) is 2. The number of sulfonamides is 1. The van der Waals surface area contributed by atoms with E-state index in [0.717, 1.165) is 36.6 Å². The maximum atomic E-state index is 11.5. The summed E-state index contributed by atoms with van der Waals surface area (Å²) in [5, 5.41) is 3.35. The molecule has 1 aromatic rings. The lowest BCUT2D eigenvalue weighted by Crippen LogP contribution is -2.50. The number of aliphatic imine (C=N–C) groups is 1. The minimum Gasteiger partial charge on any atom is -0.352 e. The Hall–Kier alpha value is -0.680. The van der Waals surface area contributed by atoms with E-state index in [1.165, 1.54) is 0 Å². The minimum absolute atomic E-state index is 0. The van der Waals surface area contributed by atoms with Crippen molar-refractivity contribution >= 4 is 57.4 Å². The first-order valence-electron chi connectivity index (χ1n) is 7.85. The third-order valence-corrected chi connectivity index (χ3v) is 5.57. The van der Waals surface area contributed by atoms with Crippen molar-refractivity contribution < 1.29 is 8.42 Å². The third-order valence-electron chi connectivity index (χ3n) is 3.69. The average molecular weight is 498 g/mol. The van der Waals surface area contributed by atoms with Crippen LogP contribution in [0, 0.1) is 0 Å². The second-order valence-electron chi connectivity index (χ2n) is 6.46. The van der Waals surface area contributed by atoms with E-state index in [0.29, 0.717) is 12.2 Å². The number of nitrogens with one attached hydrogen (secondary N) is 2. The molecule has 1 aromatic carbocycles. The Morgan fingerprint density at radius 2 is 2.04 bits per heavy atom. The Labute approximate surface area is 172 Å². The molecule has 0 aliphatic carbocycles. The molecule has 0 bridgehead atoms. The predicted octanol–water partition coefficient (Wildman–Crippen LogP) is 2.58. The second-order valence-corrected chi connectivity index (χ2v) is 10.0. The minimum atomic E-state index is -3.30. The van der Waals surface area contributed by atoms with Crippen LogP contribution in [0.15, 0.2) is 29.3 Å². The second kappa shape index (κ2) is 9.31. The maximum absolute atomic E-state index is 11.5. The van der Waals surface area contributed by atoms with Crippen molar-refractivity contribution in [3.63, 3.8) is 0 Å². The summed E-state index contributed by atoms with van der Waals surface area (Å²) >= 11 is 1.97. The van der Waals surface area contributed by atoms with Crippen molar-refractivity contribution in [2.75, 3.05) is 36.9 Å². The largest absolute Gasteiger partial charge is 0.352 e. The quantitative estimate of drug-likeness (QED) is 0.380. The first kappa shape index (κ1) is 22.4. The molecule has 0 amide bonds. The van der Waals surface area contributed by atoms with Crippen LogP contribution in [0.1, 0.15) is 19.4 Å². The van der Waals surface area contributed by atoms with Crippen molar-refractivity contribution in [3.8, 4) is 0 Å². The standard InChI is InChI=1S/C16H26N4O2S2.HI/c1-16(2)12-20(9-10-23-16)15(17-3)18-11-13-7-5-6-8-14(13)19-24(4,21)22;/h5-8,19H,9-12H2,1-4H3,(H,17,18);1H. The first-order valence-corrected chi connectivity index (χ1v) is 10.7. The van der Waals surface area contributed by atoms with Crippen LogP contribution in [0.4, 0.5) is 5.69 Å². The lowest BCUT2D eigenvalue weighted by molar-refractivity contribution is 0.376. The average Bonchev–Trinajstić information content (AvgIpc) is 2.47. The molecule has 25 heavy (non-hydrogen) atoms. The molecule has 2 rings (SSSR count).